The normalized spacial score (nSPS) is 46.0. The van der Waals surface area contributed by atoms with Gasteiger partial charge in [0.15, 0.2) is 0 Å². The molecule has 1 saturated heterocycles. The van der Waals surface area contributed by atoms with E-state index in [-0.39, 0.29) is 17.2 Å². The fraction of sp³-hybridized carbons (Fsp3) is 0.818. The number of carbonyl (C=O) groups excluding carboxylic acids is 2. The molecule has 0 aromatic rings. The number of cyclic esters (lactones) is 1. The summed E-state index contributed by atoms with van der Waals surface area (Å²) in [7, 11) is 0. The molecular weight excluding hydrogens is 180 g/mol. The van der Waals surface area contributed by atoms with Gasteiger partial charge in [-0.1, -0.05) is 12.8 Å². The maximum absolute atomic E-state index is 11.8. The standard InChI is InChI=1S/C11H14O3/c12-8-5-10-3-1-2-4-11(10,6-8)9(13)14-7-10/h1-7H2/t10-,11+/m0/s1. The first-order valence-corrected chi connectivity index (χ1v) is 5.38. The van der Waals surface area contributed by atoms with Crippen molar-refractivity contribution < 1.29 is 14.3 Å². The van der Waals surface area contributed by atoms with Crippen LogP contribution in [0.2, 0.25) is 0 Å². The predicted octanol–water partition coefficient (Wildman–Crippen LogP) is 1.45. The van der Waals surface area contributed by atoms with E-state index in [1.54, 1.807) is 0 Å². The van der Waals surface area contributed by atoms with Crippen molar-refractivity contribution in [2.75, 3.05) is 6.61 Å². The molecule has 2 saturated carbocycles. The second-order valence-electron chi connectivity index (χ2n) is 5.04. The van der Waals surface area contributed by atoms with Crippen LogP contribution in [0, 0.1) is 10.8 Å². The third-order valence-electron chi connectivity index (χ3n) is 4.43. The molecule has 0 amide bonds. The SMILES string of the molecule is O=C1C[C@]23CCCC[C@@]2(C1)C(=O)OC3. The van der Waals surface area contributed by atoms with Crippen LogP contribution in [0.25, 0.3) is 0 Å². The summed E-state index contributed by atoms with van der Waals surface area (Å²) >= 11 is 0. The molecule has 0 aromatic carbocycles. The Morgan fingerprint density at radius 3 is 2.64 bits per heavy atom. The molecule has 1 aliphatic heterocycles. The van der Waals surface area contributed by atoms with E-state index in [0.29, 0.717) is 19.4 Å². The van der Waals surface area contributed by atoms with Gasteiger partial charge in [-0.3, -0.25) is 9.59 Å². The Bertz CT molecular complexity index is 322. The monoisotopic (exact) mass is 194 g/mol. The average molecular weight is 194 g/mol. The van der Waals surface area contributed by atoms with E-state index in [1.165, 1.54) is 0 Å². The second-order valence-corrected chi connectivity index (χ2v) is 5.04. The van der Waals surface area contributed by atoms with Gasteiger partial charge in [0.1, 0.15) is 5.78 Å². The number of esters is 1. The lowest BCUT2D eigenvalue weighted by molar-refractivity contribution is -0.148. The average Bonchev–Trinajstić information content (AvgIpc) is 2.60. The fourth-order valence-corrected chi connectivity index (χ4v) is 3.70. The van der Waals surface area contributed by atoms with Gasteiger partial charge in [-0.05, 0) is 12.8 Å². The summed E-state index contributed by atoms with van der Waals surface area (Å²) in [6, 6.07) is 0. The lowest BCUT2D eigenvalue weighted by Gasteiger charge is -2.39. The Morgan fingerprint density at radius 1 is 1.07 bits per heavy atom. The highest BCUT2D eigenvalue weighted by molar-refractivity contribution is 5.94. The van der Waals surface area contributed by atoms with Crippen LogP contribution in [0.3, 0.4) is 0 Å². The predicted molar refractivity (Wildman–Crippen MR) is 48.5 cm³/mol. The molecule has 0 bridgehead atoms. The van der Waals surface area contributed by atoms with Crippen LogP contribution in [-0.4, -0.2) is 18.4 Å². The largest absolute Gasteiger partial charge is 0.465 e. The quantitative estimate of drug-likeness (QED) is 0.548. The highest BCUT2D eigenvalue weighted by Gasteiger charge is 2.67. The van der Waals surface area contributed by atoms with Gasteiger partial charge in [0.2, 0.25) is 0 Å². The number of rotatable bonds is 0. The van der Waals surface area contributed by atoms with Gasteiger partial charge in [-0.2, -0.15) is 0 Å². The highest BCUT2D eigenvalue weighted by Crippen LogP contribution is 2.63. The molecule has 0 aromatic heterocycles. The minimum atomic E-state index is -0.400. The van der Waals surface area contributed by atoms with Gasteiger partial charge in [-0.15, -0.1) is 0 Å². The summed E-state index contributed by atoms with van der Waals surface area (Å²) in [6.07, 6.45) is 5.13. The maximum Gasteiger partial charge on any atom is 0.313 e. The number of ether oxygens (including phenoxy) is 1. The minimum absolute atomic E-state index is 0.0944. The number of hydrogen-bond acceptors (Lipinski definition) is 3. The molecule has 3 fully saturated rings. The first-order chi connectivity index (χ1) is 6.69. The highest BCUT2D eigenvalue weighted by atomic mass is 16.5. The summed E-state index contributed by atoms with van der Waals surface area (Å²) in [5.74, 6) is 0.173. The van der Waals surface area contributed by atoms with Crippen molar-refractivity contribution in [2.45, 2.75) is 38.5 Å². The maximum atomic E-state index is 11.8. The lowest BCUT2D eigenvalue weighted by atomic mass is 9.59. The molecule has 76 valence electrons. The van der Waals surface area contributed by atoms with E-state index in [2.05, 4.69) is 0 Å². The summed E-state index contributed by atoms with van der Waals surface area (Å²) in [6.45, 7) is 0.498. The number of ketones is 1. The van der Waals surface area contributed by atoms with E-state index in [0.717, 1.165) is 25.7 Å². The Kier molecular flexibility index (Phi) is 1.44. The molecule has 1 heterocycles. The van der Waals surface area contributed by atoms with Crippen LogP contribution < -0.4 is 0 Å². The van der Waals surface area contributed by atoms with Crippen molar-refractivity contribution in [1.29, 1.82) is 0 Å². The van der Waals surface area contributed by atoms with Crippen molar-refractivity contribution in [3.8, 4) is 0 Å². The van der Waals surface area contributed by atoms with Crippen LogP contribution in [0.5, 0.6) is 0 Å². The zero-order valence-corrected chi connectivity index (χ0v) is 8.17. The minimum Gasteiger partial charge on any atom is -0.465 e. The van der Waals surface area contributed by atoms with Gasteiger partial charge in [0, 0.05) is 18.3 Å². The third kappa shape index (κ3) is 0.748. The lowest BCUT2D eigenvalue weighted by Crippen LogP contribution is -2.41. The first-order valence-electron chi connectivity index (χ1n) is 5.38. The van der Waals surface area contributed by atoms with Crippen molar-refractivity contribution in [3.05, 3.63) is 0 Å². The van der Waals surface area contributed by atoms with Crippen molar-refractivity contribution in [1.82, 2.24) is 0 Å². The van der Waals surface area contributed by atoms with Crippen LogP contribution >= 0.6 is 0 Å². The summed E-state index contributed by atoms with van der Waals surface area (Å²) in [4.78, 5) is 23.3. The number of Topliss-reactive ketones (excluding diaryl/α,β-unsaturated/α-hetero) is 1. The van der Waals surface area contributed by atoms with Gasteiger partial charge < -0.3 is 4.74 Å². The molecule has 3 heteroatoms. The van der Waals surface area contributed by atoms with Crippen LogP contribution in [0.4, 0.5) is 0 Å². The Balaban J connectivity index is 2.11. The van der Waals surface area contributed by atoms with Crippen LogP contribution in [-0.2, 0) is 14.3 Å². The van der Waals surface area contributed by atoms with Crippen LogP contribution in [0.1, 0.15) is 38.5 Å². The molecule has 3 rings (SSSR count). The van der Waals surface area contributed by atoms with E-state index >= 15 is 0 Å². The number of hydrogen-bond donors (Lipinski definition) is 0. The zero-order valence-electron chi connectivity index (χ0n) is 8.17. The van der Waals surface area contributed by atoms with Crippen molar-refractivity contribution in [3.63, 3.8) is 0 Å². The Labute approximate surface area is 82.8 Å². The molecule has 0 unspecified atom stereocenters. The first kappa shape index (κ1) is 8.45. The molecule has 14 heavy (non-hydrogen) atoms. The Morgan fingerprint density at radius 2 is 1.86 bits per heavy atom. The van der Waals surface area contributed by atoms with E-state index in [9.17, 15) is 9.59 Å². The smallest absolute Gasteiger partial charge is 0.313 e. The van der Waals surface area contributed by atoms with E-state index in [4.69, 9.17) is 4.74 Å². The third-order valence-corrected chi connectivity index (χ3v) is 4.43. The van der Waals surface area contributed by atoms with Gasteiger partial charge >= 0.3 is 5.97 Å². The number of carbonyl (C=O) groups is 2. The van der Waals surface area contributed by atoms with Gasteiger partial charge in [-0.25, -0.2) is 0 Å². The fourth-order valence-electron chi connectivity index (χ4n) is 3.70. The summed E-state index contributed by atoms with van der Waals surface area (Å²) in [5, 5.41) is 0. The zero-order chi connectivity index (χ0) is 9.81. The molecular formula is C11H14O3. The molecule has 2 aliphatic carbocycles. The van der Waals surface area contributed by atoms with E-state index in [1.807, 2.05) is 0 Å². The Hall–Kier alpha value is -0.860. The molecule has 0 N–H and O–H groups in total. The summed E-state index contributed by atoms with van der Waals surface area (Å²) in [5.41, 5.74) is -0.498. The molecule has 3 nitrogen and oxygen atoms in total. The second kappa shape index (κ2) is 2.38. The van der Waals surface area contributed by atoms with E-state index < -0.39 is 5.41 Å². The molecule has 0 radical (unpaired) electrons. The van der Waals surface area contributed by atoms with Crippen LogP contribution in [0.15, 0.2) is 0 Å². The summed E-state index contributed by atoms with van der Waals surface area (Å²) < 4.78 is 5.21. The molecule has 0 spiro atoms. The van der Waals surface area contributed by atoms with Gasteiger partial charge in [0.25, 0.3) is 0 Å². The topological polar surface area (TPSA) is 43.4 Å². The molecule has 2 atom stereocenters. The van der Waals surface area contributed by atoms with Crippen molar-refractivity contribution >= 4 is 11.8 Å². The molecule has 3 aliphatic rings. The van der Waals surface area contributed by atoms with Gasteiger partial charge in [0.05, 0.1) is 12.0 Å². The van der Waals surface area contributed by atoms with Crippen molar-refractivity contribution in [2.24, 2.45) is 10.8 Å².